The van der Waals surface area contributed by atoms with Crippen molar-refractivity contribution in [3.05, 3.63) is 48.5 Å². The molecule has 2 aromatic carbocycles. The quantitative estimate of drug-likeness (QED) is 0.131. The first-order chi connectivity index (χ1) is 16.5. The van der Waals surface area contributed by atoms with Gasteiger partial charge in [-0.15, -0.1) is 0 Å². The first-order valence-electron chi connectivity index (χ1n) is 13.3. The smallest absolute Gasteiger partial charge is 0.349 e. The minimum atomic E-state index is -1.92. The molecular weight excluding hydrogens is 427 g/mol. The van der Waals surface area contributed by atoms with Crippen molar-refractivity contribution in [2.75, 3.05) is 6.61 Å². The van der Waals surface area contributed by atoms with Crippen LogP contribution in [0, 0.1) is 0 Å². The maximum Gasteiger partial charge on any atom is 0.349 e. The molecule has 2 rings (SSSR count). The van der Waals surface area contributed by atoms with Crippen molar-refractivity contribution < 1.29 is 18.7 Å². The van der Waals surface area contributed by atoms with Gasteiger partial charge in [-0.1, -0.05) is 96.4 Å². The molecule has 0 amide bonds. The molecular formula is C30H43FO3. The number of rotatable bonds is 17. The van der Waals surface area contributed by atoms with E-state index in [9.17, 15) is 9.18 Å². The summed E-state index contributed by atoms with van der Waals surface area (Å²) in [5.74, 6) is 0.448. The van der Waals surface area contributed by atoms with Crippen molar-refractivity contribution in [3.8, 4) is 22.6 Å². The lowest BCUT2D eigenvalue weighted by molar-refractivity contribution is -0.148. The molecule has 0 heterocycles. The van der Waals surface area contributed by atoms with Crippen molar-refractivity contribution in [3.63, 3.8) is 0 Å². The molecule has 0 saturated carbocycles. The van der Waals surface area contributed by atoms with E-state index in [4.69, 9.17) is 9.47 Å². The number of esters is 1. The Morgan fingerprint density at radius 2 is 1.21 bits per heavy atom. The molecule has 1 atom stereocenters. The van der Waals surface area contributed by atoms with Crippen molar-refractivity contribution in [1.82, 2.24) is 0 Å². The van der Waals surface area contributed by atoms with Gasteiger partial charge in [0.2, 0.25) is 5.67 Å². The molecule has 0 bridgehead atoms. The fraction of sp³-hybridized carbons (Fsp3) is 0.567. The second-order valence-corrected chi connectivity index (χ2v) is 9.18. The Morgan fingerprint density at radius 3 is 1.74 bits per heavy atom. The summed E-state index contributed by atoms with van der Waals surface area (Å²) in [6, 6.07) is 15.2. The van der Waals surface area contributed by atoms with Gasteiger partial charge >= 0.3 is 5.97 Å². The summed E-state index contributed by atoms with van der Waals surface area (Å²) in [5.41, 5.74) is 0.134. The van der Waals surface area contributed by atoms with Gasteiger partial charge in [0.25, 0.3) is 0 Å². The van der Waals surface area contributed by atoms with Crippen LogP contribution >= 0.6 is 0 Å². The van der Waals surface area contributed by atoms with Gasteiger partial charge in [0.05, 0.1) is 6.61 Å². The maximum atomic E-state index is 14.9. The predicted molar refractivity (Wildman–Crippen MR) is 139 cm³/mol. The topological polar surface area (TPSA) is 35.5 Å². The average Bonchev–Trinajstić information content (AvgIpc) is 2.87. The van der Waals surface area contributed by atoms with Crippen molar-refractivity contribution in [2.24, 2.45) is 0 Å². The standard InChI is InChI=1S/C30H43FO3/c1-4-7-9-10-11-12-13-14-24-33-27-19-15-25(16-20-27)26-17-21-28(22-18-26)34-29(32)30(31,6-3)23-8-5-2/h15-22H,4-14,23-24H2,1-3H3. The SMILES string of the molecule is CCCCCCCCCCOc1ccc(-c2ccc(OC(=O)C(F)(CC)CCCC)cc2)cc1. The van der Waals surface area contributed by atoms with E-state index in [0.29, 0.717) is 12.2 Å². The Kier molecular flexibility index (Phi) is 12.7. The number of carbonyl (C=O) groups excluding carboxylic acids is 1. The molecule has 0 aliphatic heterocycles. The van der Waals surface area contributed by atoms with Crippen LogP contribution in [0.2, 0.25) is 0 Å². The second kappa shape index (κ2) is 15.5. The lowest BCUT2D eigenvalue weighted by Gasteiger charge is -2.21. The third-order valence-corrected chi connectivity index (χ3v) is 6.37. The number of hydrogen-bond donors (Lipinski definition) is 0. The third-order valence-electron chi connectivity index (χ3n) is 6.37. The Morgan fingerprint density at radius 1 is 0.706 bits per heavy atom. The molecule has 2 aromatic rings. The Hall–Kier alpha value is -2.36. The van der Waals surface area contributed by atoms with Gasteiger partial charge in [-0.2, -0.15) is 0 Å². The molecule has 0 saturated heterocycles. The molecule has 0 aromatic heterocycles. The number of unbranched alkanes of at least 4 members (excludes halogenated alkanes) is 8. The first-order valence-corrected chi connectivity index (χ1v) is 13.3. The van der Waals surface area contributed by atoms with Gasteiger partial charge in [-0.3, -0.25) is 0 Å². The highest BCUT2D eigenvalue weighted by Gasteiger charge is 2.38. The monoisotopic (exact) mass is 470 g/mol. The van der Waals surface area contributed by atoms with E-state index >= 15 is 0 Å². The summed E-state index contributed by atoms with van der Waals surface area (Å²) in [6.07, 6.45) is 12.1. The van der Waals surface area contributed by atoms with Gasteiger partial charge in [0.1, 0.15) is 11.5 Å². The molecule has 0 aliphatic carbocycles. The van der Waals surface area contributed by atoms with Crippen LogP contribution in [0.15, 0.2) is 48.5 Å². The van der Waals surface area contributed by atoms with E-state index in [2.05, 4.69) is 6.92 Å². The van der Waals surface area contributed by atoms with E-state index < -0.39 is 11.6 Å². The van der Waals surface area contributed by atoms with Crippen LogP contribution in [0.3, 0.4) is 0 Å². The van der Waals surface area contributed by atoms with Crippen LogP contribution < -0.4 is 9.47 Å². The largest absolute Gasteiger partial charge is 0.494 e. The average molecular weight is 471 g/mol. The highest BCUT2D eigenvalue weighted by Crippen LogP contribution is 2.28. The minimum Gasteiger partial charge on any atom is -0.494 e. The second-order valence-electron chi connectivity index (χ2n) is 9.18. The summed E-state index contributed by atoms with van der Waals surface area (Å²) in [6.45, 7) is 6.67. The number of hydrogen-bond acceptors (Lipinski definition) is 3. The fourth-order valence-corrected chi connectivity index (χ4v) is 3.96. The molecule has 0 radical (unpaired) electrons. The first kappa shape index (κ1) is 27.9. The number of benzene rings is 2. The Balaban J connectivity index is 1.78. The summed E-state index contributed by atoms with van der Waals surface area (Å²) >= 11 is 0. The summed E-state index contributed by atoms with van der Waals surface area (Å²) in [5, 5.41) is 0. The Labute approximate surface area is 206 Å². The molecule has 0 N–H and O–H groups in total. The van der Waals surface area contributed by atoms with E-state index in [0.717, 1.165) is 36.3 Å². The van der Waals surface area contributed by atoms with Crippen LogP contribution in [0.5, 0.6) is 11.5 Å². The van der Waals surface area contributed by atoms with E-state index in [1.807, 2.05) is 43.3 Å². The maximum absolute atomic E-state index is 14.9. The third kappa shape index (κ3) is 9.48. The fourth-order valence-electron chi connectivity index (χ4n) is 3.96. The molecule has 34 heavy (non-hydrogen) atoms. The highest BCUT2D eigenvalue weighted by molar-refractivity contribution is 5.81. The molecule has 188 valence electrons. The summed E-state index contributed by atoms with van der Waals surface area (Å²) in [4.78, 5) is 12.4. The van der Waals surface area contributed by atoms with Gasteiger partial charge < -0.3 is 9.47 Å². The van der Waals surface area contributed by atoms with Crippen LogP contribution in [-0.2, 0) is 4.79 Å². The predicted octanol–water partition coefficient (Wildman–Crippen LogP) is 9.09. The lowest BCUT2D eigenvalue weighted by Crippen LogP contribution is -2.36. The molecule has 0 spiro atoms. The normalized spacial score (nSPS) is 12.8. The zero-order valence-electron chi connectivity index (χ0n) is 21.4. The molecule has 0 fully saturated rings. The van der Waals surface area contributed by atoms with Crippen molar-refractivity contribution in [1.29, 1.82) is 0 Å². The van der Waals surface area contributed by atoms with Crippen LogP contribution in [0.25, 0.3) is 11.1 Å². The van der Waals surface area contributed by atoms with Gasteiger partial charge in [0.15, 0.2) is 0 Å². The molecule has 0 aliphatic rings. The van der Waals surface area contributed by atoms with Gasteiger partial charge in [-0.25, -0.2) is 9.18 Å². The van der Waals surface area contributed by atoms with Crippen LogP contribution in [-0.4, -0.2) is 18.2 Å². The van der Waals surface area contributed by atoms with Crippen LogP contribution in [0.1, 0.15) is 97.8 Å². The number of halogens is 1. The molecule has 3 nitrogen and oxygen atoms in total. The van der Waals surface area contributed by atoms with Crippen molar-refractivity contribution in [2.45, 2.75) is 103 Å². The highest BCUT2D eigenvalue weighted by atomic mass is 19.1. The van der Waals surface area contributed by atoms with Crippen molar-refractivity contribution >= 4 is 5.97 Å². The van der Waals surface area contributed by atoms with Gasteiger partial charge in [-0.05, 0) is 61.1 Å². The zero-order valence-corrected chi connectivity index (χ0v) is 21.4. The molecule has 1 unspecified atom stereocenters. The zero-order chi connectivity index (χ0) is 24.7. The molecule has 4 heteroatoms. The number of carbonyl (C=O) groups is 1. The minimum absolute atomic E-state index is 0.122. The Bertz CT molecular complexity index is 816. The van der Waals surface area contributed by atoms with Gasteiger partial charge in [0, 0.05) is 0 Å². The van der Waals surface area contributed by atoms with E-state index in [-0.39, 0.29) is 12.8 Å². The summed E-state index contributed by atoms with van der Waals surface area (Å²) in [7, 11) is 0. The lowest BCUT2D eigenvalue weighted by atomic mass is 9.96. The van der Waals surface area contributed by atoms with E-state index in [1.165, 1.54) is 44.9 Å². The summed E-state index contributed by atoms with van der Waals surface area (Å²) < 4.78 is 26.1. The van der Waals surface area contributed by atoms with E-state index in [1.54, 1.807) is 19.1 Å². The van der Waals surface area contributed by atoms with Crippen LogP contribution in [0.4, 0.5) is 4.39 Å². The number of ether oxygens (including phenoxy) is 2. The number of alkyl halides is 1.